The van der Waals surface area contributed by atoms with Crippen LogP contribution in [-0.2, 0) is 14.3 Å². The van der Waals surface area contributed by atoms with E-state index in [9.17, 15) is 15.0 Å². The zero-order chi connectivity index (χ0) is 18.1. The number of allylic oxidation sites excluding steroid dienone is 1. The molecule has 3 aliphatic carbocycles. The summed E-state index contributed by atoms with van der Waals surface area (Å²) >= 11 is 0. The summed E-state index contributed by atoms with van der Waals surface area (Å²) in [6.07, 6.45) is 4.09. The maximum atomic E-state index is 12.8. The number of hydrogen-bond donors (Lipinski definition) is 2. The summed E-state index contributed by atoms with van der Waals surface area (Å²) in [5.41, 5.74) is -1.80. The Labute approximate surface area is 150 Å². The minimum absolute atomic E-state index is 0.0453. The van der Waals surface area contributed by atoms with E-state index in [0.717, 1.165) is 30.0 Å². The standard InChI is InChI=1S/C19H30O5Si/c1-25(2,3)16-14-6-4-5-13-11-17(23-9-10-24-17)7-8-18(13,21)19(14,22)12-15(16)20/h13,21-22H,4-12H2,1-3H3/t13-,18-,19+/m0/s1. The quantitative estimate of drug-likeness (QED) is 0.697. The zero-order valence-electron chi connectivity index (χ0n) is 15.6. The van der Waals surface area contributed by atoms with E-state index >= 15 is 0 Å². The topological polar surface area (TPSA) is 76.0 Å². The van der Waals surface area contributed by atoms with Gasteiger partial charge in [-0.2, -0.15) is 0 Å². The highest BCUT2D eigenvalue weighted by Crippen LogP contribution is 2.58. The van der Waals surface area contributed by atoms with Crippen LogP contribution in [0.2, 0.25) is 19.6 Å². The first-order valence-electron chi connectivity index (χ1n) is 9.61. The number of fused-ring (bicyclic) bond motifs is 3. The molecule has 0 radical (unpaired) electrons. The van der Waals surface area contributed by atoms with Crippen molar-refractivity contribution < 1.29 is 24.5 Å². The van der Waals surface area contributed by atoms with E-state index in [4.69, 9.17) is 9.47 Å². The summed E-state index contributed by atoms with van der Waals surface area (Å²) in [5, 5.41) is 24.3. The van der Waals surface area contributed by atoms with Gasteiger partial charge in [0.15, 0.2) is 11.6 Å². The Kier molecular flexibility index (Phi) is 3.92. The summed E-state index contributed by atoms with van der Waals surface area (Å²) in [6.45, 7) is 7.65. The molecule has 0 aromatic carbocycles. The highest BCUT2D eigenvalue weighted by atomic mass is 28.3. The highest BCUT2D eigenvalue weighted by molar-refractivity contribution is 6.87. The molecule has 1 saturated heterocycles. The fourth-order valence-corrected chi connectivity index (χ4v) is 7.98. The van der Waals surface area contributed by atoms with Gasteiger partial charge >= 0.3 is 0 Å². The number of ketones is 1. The lowest BCUT2D eigenvalue weighted by Crippen LogP contribution is -2.62. The molecule has 140 valence electrons. The maximum Gasteiger partial charge on any atom is 0.168 e. The van der Waals surface area contributed by atoms with Crippen molar-refractivity contribution in [1.82, 2.24) is 0 Å². The monoisotopic (exact) mass is 366 g/mol. The molecule has 0 amide bonds. The van der Waals surface area contributed by atoms with Gasteiger partial charge in [-0.25, -0.2) is 0 Å². The van der Waals surface area contributed by atoms with E-state index in [0.29, 0.717) is 32.5 Å². The van der Waals surface area contributed by atoms with Crippen LogP contribution in [0.5, 0.6) is 0 Å². The number of Topliss-reactive ketones (excluding diaryl/α,β-unsaturated/α-hetero) is 1. The van der Waals surface area contributed by atoms with Gasteiger partial charge in [0.05, 0.1) is 21.3 Å². The molecule has 5 nitrogen and oxygen atoms in total. The lowest BCUT2D eigenvalue weighted by atomic mass is 9.62. The molecule has 3 fully saturated rings. The van der Waals surface area contributed by atoms with E-state index in [-0.39, 0.29) is 18.1 Å². The first-order valence-corrected chi connectivity index (χ1v) is 13.1. The fraction of sp³-hybridized carbons (Fsp3) is 0.842. The van der Waals surface area contributed by atoms with Crippen LogP contribution in [-0.4, -0.2) is 54.3 Å². The van der Waals surface area contributed by atoms with Crippen molar-refractivity contribution in [1.29, 1.82) is 0 Å². The summed E-state index contributed by atoms with van der Waals surface area (Å²) in [5.74, 6) is -0.638. The third-order valence-corrected chi connectivity index (χ3v) is 8.96. The van der Waals surface area contributed by atoms with Gasteiger partial charge in [0.25, 0.3) is 0 Å². The Hall–Kier alpha value is -0.533. The summed E-state index contributed by atoms with van der Waals surface area (Å²) in [7, 11) is -1.88. The molecule has 0 unspecified atom stereocenters. The second-order valence-electron chi connectivity index (χ2n) is 9.39. The van der Waals surface area contributed by atoms with Crippen LogP contribution in [0.3, 0.4) is 0 Å². The molecule has 1 heterocycles. The van der Waals surface area contributed by atoms with Crippen LogP contribution in [0.25, 0.3) is 0 Å². The van der Waals surface area contributed by atoms with Crippen molar-refractivity contribution in [2.75, 3.05) is 13.2 Å². The Bertz CT molecular complexity index is 630. The van der Waals surface area contributed by atoms with Gasteiger partial charge < -0.3 is 19.7 Å². The average Bonchev–Trinajstić information content (AvgIpc) is 3.03. The van der Waals surface area contributed by atoms with Gasteiger partial charge in [0.1, 0.15) is 11.2 Å². The molecule has 0 aromatic heterocycles. The van der Waals surface area contributed by atoms with Gasteiger partial charge in [0, 0.05) is 19.3 Å². The van der Waals surface area contributed by atoms with Crippen molar-refractivity contribution in [3.05, 3.63) is 10.8 Å². The fourth-order valence-electron chi connectivity index (χ4n) is 5.82. The number of ether oxygens (including phenoxy) is 2. The van der Waals surface area contributed by atoms with Crippen LogP contribution in [0.15, 0.2) is 10.8 Å². The summed E-state index contributed by atoms with van der Waals surface area (Å²) < 4.78 is 11.7. The highest BCUT2D eigenvalue weighted by Gasteiger charge is 2.65. The predicted molar refractivity (Wildman–Crippen MR) is 95.7 cm³/mol. The molecular weight excluding hydrogens is 336 g/mol. The zero-order valence-corrected chi connectivity index (χ0v) is 16.6. The molecule has 2 N–H and O–H groups in total. The number of hydrogen-bond acceptors (Lipinski definition) is 5. The molecule has 2 saturated carbocycles. The van der Waals surface area contributed by atoms with Gasteiger partial charge in [-0.05, 0) is 42.4 Å². The molecule has 0 aromatic rings. The minimum atomic E-state index is -1.88. The Balaban J connectivity index is 1.77. The Morgan fingerprint density at radius 2 is 1.80 bits per heavy atom. The van der Waals surface area contributed by atoms with Crippen molar-refractivity contribution >= 4 is 13.9 Å². The molecule has 6 heteroatoms. The normalized spacial score (nSPS) is 41.0. The smallest absolute Gasteiger partial charge is 0.168 e. The molecule has 1 spiro atoms. The van der Waals surface area contributed by atoms with Crippen LogP contribution >= 0.6 is 0 Å². The Morgan fingerprint density at radius 3 is 2.44 bits per heavy atom. The van der Waals surface area contributed by atoms with Gasteiger partial charge in [-0.3, -0.25) is 4.79 Å². The van der Waals surface area contributed by atoms with E-state index in [1.807, 2.05) is 0 Å². The van der Waals surface area contributed by atoms with Gasteiger partial charge in [-0.15, -0.1) is 0 Å². The van der Waals surface area contributed by atoms with Crippen molar-refractivity contribution in [2.45, 2.75) is 81.6 Å². The molecule has 3 atom stereocenters. The number of aliphatic hydroxyl groups is 2. The molecule has 25 heavy (non-hydrogen) atoms. The largest absolute Gasteiger partial charge is 0.386 e. The summed E-state index contributed by atoms with van der Waals surface area (Å²) in [4.78, 5) is 12.8. The number of carbonyl (C=O) groups is 1. The lowest BCUT2D eigenvalue weighted by Gasteiger charge is -2.52. The van der Waals surface area contributed by atoms with Gasteiger partial charge in [-0.1, -0.05) is 19.6 Å². The van der Waals surface area contributed by atoms with E-state index in [1.165, 1.54) is 0 Å². The second kappa shape index (κ2) is 5.49. The number of carbonyl (C=O) groups excluding carboxylic acids is 1. The third kappa shape index (κ3) is 2.45. The van der Waals surface area contributed by atoms with Gasteiger partial charge in [0.2, 0.25) is 0 Å². The first kappa shape index (κ1) is 17.9. The molecule has 0 bridgehead atoms. The molecule has 1 aliphatic heterocycles. The van der Waals surface area contributed by atoms with Crippen molar-refractivity contribution in [3.8, 4) is 0 Å². The Morgan fingerprint density at radius 1 is 1.12 bits per heavy atom. The van der Waals surface area contributed by atoms with Crippen LogP contribution in [0.4, 0.5) is 0 Å². The number of rotatable bonds is 1. The predicted octanol–water partition coefficient (Wildman–Crippen LogP) is 2.32. The van der Waals surface area contributed by atoms with Crippen molar-refractivity contribution in [3.63, 3.8) is 0 Å². The van der Waals surface area contributed by atoms with E-state index in [1.54, 1.807) is 0 Å². The van der Waals surface area contributed by atoms with E-state index < -0.39 is 25.1 Å². The van der Waals surface area contributed by atoms with Crippen LogP contribution < -0.4 is 0 Å². The minimum Gasteiger partial charge on any atom is -0.386 e. The SMILES string of the molecule is C[Si](C)(C)C1=C2CCC[C@H]3CC4(CC[C@@]3(O)[C@@]2(O)CC1=O)OCCO4. The molecular formula is C19H30O5Si. The third-order valence-electron chi connectivity index (χ3n) is 6.88. The van der Waals surface area contributed by atoms with E-state index in [2.05, 4.69) is 19.6 Å². The second-order valence-corrected chi connectivity index (χ2v) is 14.4. The molecule has 4 rings (SSSR count). The molecule has 4 aliphatic rings. The van der Waals surface area contributed by atoms with Crippen LogP contribution in [0, 0.1) is 5.92 Å². The van der Waals surface area contributed by atoms with Crippen molar-refractivity contribution in [2.24, 2.45) is 5.92 Å². The maximum absolute atomic E-state index is 12.8. The first-order chi connectivity index (χ1) is 11.6. The average molecular weight is 367 g/mol. The van der Waals surface area contributed by atoms with Crippen LogP contribution in [0.1, 0.15) is 44.9 Å². The summed E-state index contributed by atoms with van der Waals surface area (Å²) in [6, 6.07) is 0. The lowest BCUT2D eigenvalue weighted by molar-refractivity contribution is -0.253.